The van der Waals surface area contributed by atoms with Gasteiger partial charge in [0, 0.05) is 0 Å². The fraction of sp³-hybridized carbons (Fsp3) is 0.136. The molecule has 0 saturated carbocycles. The predicted molar refractivity (Wildman–Crippen MR) is 120 cm³/mol. The van der Waals surface area contributed by atoms with Gasteiger partial charge in [0.15, 0.2) is 0 Å². The second-order valence-corrected chi connectivity index (χ2v) is 10.8. The first-order valence-corrected chi connectivity index (χ1v) is 12.4. The highest BCUT2D eigenvalue weighted by Gasteiger charge is 2.23. The maximum atomic E-state index is 13.3. The fourth-order valence-electron chi connectivity index (χ4n) is 3.29. The summed E-state index contributed by atoms with van der Waals surface area (Å²) in [5, 5.41) is 0. The lowest BCUT2D eigenvalue weighted by Crippen LogP contribution is -2.15. The highest BCUT2D eigenvalue weighted by Crippen LogP contribution is 2.27. The number of hydrogen-bond acceptors (Lipinski definition) is 5. The topological polar surface area (TPSA) is 98.1 Å². The van der Waals surface area contributed by atoms with Crippen molar-refractivity contribution in [2.45, 2.75) is 30.6 Å². The average molecular weight is 456 g/mol. The van der Waals surface area contributed by atoms with Crippen molar-refractivity contribution in [2.75, 3.05) is 4.72 Å². The molecule has 9 heteroatoms. The standard InChI is InChI=1S/C22H21N3O4S2/c1-15-4-9-19(10-5-15)30(26,27)24-18-8-13-21-22(14-18)25(17(3)23-21)31(28,29)20-11-6-16(2)7-12-20/h4-14,24H,1-3H3. The van der Waals surface area contributed by atoms with Crippen molar-refractivity contribution in [1.29, 1.82) is 0 Å². The number of nitrogens with one attached hydrogen (secondary N) is 1. The second kappa shape index (κ2) is 7.51. The zero-order chi connectivity index (χ0) is 22.4. The summed E-state index contributed by atoms with van der Waals surface area (Å²) in [6.07, 6.45) is 0. The van der Waals surface area contributed by atoms with Crippen molar-refractivity contribution >= 4 is 36.8 Å². The van der Waals surface area contributed by atoms with Crippen molar-refractivity contribution in [1.82, 2.24) is 8.96 Å². The van der Waals surface area contributed by atoms with Crippen LogP contribution in [0, 0.1) is 20.8 Å². The van der Waals surface area contributed by atoms with E-state index in [1.807, 2.05) is 13.8 Å². The highest BCUT2D eigenvalue weighted by atomic mass is 32.2. The summed E-state index contributed by atoms with van der Waals surface area (Å²) >= 11 is 0. The second-order valence-electron chi connectivity index (χ2n) is 7.36. The lowest BCUT2D eigenvalue weighted by molar-refractivity contribution is 0.587. The number of rotatable bonds is 5. The Balaban J connectivity index is 1.79. The van der Waals surface area contributed by atoms with Crippen LogP contribution in [-0.4, -0.2) is 25.8 Å². The Kier molecular flexibility index (Phi) is 5.10. The minimum Gasteiger partial charge on any atom is -0.280 e. The monoisotopic (exact) mass is 455 g/mol. The summed E-state index contributed by atoms with van der Waals surface area (Å²) in [5.41, 5.74) is 2.88. The Hall–Kier alpha value is -3.17. The van der Waals surface area contributed by atoms with E-state index >= 15 is 0 Å². The Labute approximate surface area is 181 Å². The molecule has 31 heavy (non-hydrogen) atoms. The van der Waals surface area contributed by atoms with Crippen LogP contribution in [0.15, 0.2) is 76.5 Å². The number of sulfonamides is 1. The van der Waals surface area contributed by atoms with Crippen molar-refractivity contribution in [3.63, 3.8) is 0 Å². The molecule has 4 aromatic rings. The molecule has 160 valence electrons. The van der Waals surface area contributed by atoms with Crippen LogP contribution in [-0.2, 0) is 20.0 Å². The Morgan fingerprint density at radius 3 is 1.87 bits per heavy atom. The SMILES string of the molecule is Cc1ccc(S(=O)(=O)Nc2ccc3nc(C)n(S(=O)(=O)c4ccc(C)cc4)c3c2)cc1. The predicted octanol–water partition coefficient (Wildman–Crippen LogP) is 4.00. The van der Waals surface area contributed by atoms with Crippen molar-refractivity contribution in [2.24, 2.45) is 0 Å². The molecule has 0 unspecified atom stereocenters. The summed E-state index contributed by atoms with van der Waals surface area (Å²) < 4.78 is 55.7. The third kappa shape index (κ3) is 3.94. The summed E-state index contributed by atoms with van der Waals surface area (Å²) in [7, 11) is -7.74. The van der Waals surface area contributed by atoms with Gasteiger partial charge in [0.25, 0.3) is 20.0 Å². The summed E-state index contributed by atoms with van der Waals surface area (Å²) in [5.74, 6) is 0.286. The van der Waals surface area contributed by atoms with E-state index in [-0.39, 0.29) is 21.3 Å². The van der Waals surface area contributed by atoms with Gasteiger partial charge in [0.05, 0.1) is 26.5 Å². The molecule has 1 heterocycles. The molecule has 0 aliphatic heterocycles. The van der Waals surface area contributed by atoms with Crippen molar-refractivity contribution in [3.8, 4) is 0 Å². The van der Waals surface area contributed by atoms with E-state index in [9.17, 15) is 16.8 Å². The number of aryl methyl sites for hydroxylation is 3. The summed E-state index contributed by atoms with van der Waals surface area (Å²) in [6.45, 7) is 5.35. The molecule has 0 radical (unpaired) electrons. The first kappa shape index (κ1) is 21.1. The number of nitrogens with zero attached hydrogens (tertiary/aromatic N) is 2. The van der Waals surface area contributed by atoms with Gasteiger partial charge in [0.1, 0.15) is 5.82 Å². The van der Waals surface area contributed by atoms with Crippen LogP contribution < -0.4 is 4.72 Å². The van der Waals surface area contributed by atoms with Crippen molar-refractivity contribution in [3.05, 3.63) is 83.7 Å². The van der Waals surface area contributed by atoms with Crippen LogP contribution >= 0.6 is 0 Å². The lowest BCUT2D eigenvalue weighted by atomic mass is 10.2. The molecule has 7 nitrogen and oxygen atoms in total. The van der Waals surface area contributed by atoms with Crippen molar-refractivity contribution < 1.29 is 16.8 Å². The average Bonchev–Trinajstić information content (AvgIpc) is 3.04. The number of imidazole rings is 1. The highest BCUT2D eigenvalue weighted by molar-refractivity contribution is 7.92. The molecule has 1 aromatic heterocycles. The molecule has 0 aliphatic rings. The van der Waals surface area contributed by atoms with Crippen LogP contribution in [0.4, 0.5) is 5.69 Å². The molecule has 0 bridgehead atoms. The minimum absolute atomic E-state index is 0.121. The fourth-order valence-corrected chi connectivity index (χ4v) is 5.82. The number of hydrogen-bond donors (Lipinski definition) is 1. The van der Waals surface area contributed by atoms with Gasteiger partial charge in [-0.25, -0.2) is 25.8 Å². The normalized spacial score (nSPS) is 12.2. The zero-order valence-electron chi connectivity index (χ0n) is 17.2. The van der Waals surface area contributed by atoms with Gasteiger partial charge >= 0.3 is 0 Å². The molecular weight excluding hydrogens is 434 g/mol. The zero-order valence-corrected chi connectivity index (χ0v) is 18.8. The number of anilines is 1. The minimum atomic E-state index is -3.91. The first-order valence-electron chi connectivity index (χ1n) is 9.49. The van der Waals surface area contributed by atoms with E-state index in [0.717, 1.165) is 15.1 Å². The Morgan fingerprint density at radius 1 is 0.742 bits per heavy atom. The van der Waals surface area contributed by atoms with Crippen LogP contribution in [0.1, 0.15) is 17.0 Å². The van der Waals surface area contributed by atoms with Gasteiger partial charge < -0.3 is 0 Å². The summed E-state index contributed by atoms with van der Waals surface area (Å²) in [6, 6.07) is 17.6. The maximum Gasteiger partial charge on any atom is 0.269 e. The third-order valence-corrected chi connectivity index (χ3v) is 8.12. The molecule has 4 rings (SSSR count). The number of fused-ring (bicyclic) bond motifs is 1. The molecule has 1 N–H and O–H groups in total. The lowest BCUT2D eigenvalue weighted by Gasteiger charge is -2.11. The van der Waals surface area contributed by atoms with E-state index in [0.29, 0.717) is 11.0 Å². The van der Waals surface area contributed by atoms with Crippen LogP contribution in [0.2, 0.25) is 0 Å². The first-order chi connectivity index (χ1) is 14.6. The van der Waals surface area contributed by atoms with Crippen LogP contribution in [0.3, 0.4) is 0 Å². The Morgan fingerprint density at radius 2 is 1.29 bits per heavy atom. The van der Waals surface area contributed by atoms with Gasteiger partial charge in [-0.3, -0.25) is 4.72 Å². The maximum absolute atomic E-state index is 13.3. The summed E-state index contributed by atoms with van der Waals surface area (Å²) in [4.78, 5) is 4.59. The van der Waals surface area contributed by atoms with E-state index in [4.69, 9.17) is 0 Å². The molecule has 3 aromatic carbocycles. The number of aromatic nitrogens is 2. The molecule has 0 atom stereocenters. The van der Waals surface area contributed by atoms with E-state index in [2.05, 4.69) is 9.71 Å². The molecule has 0 aliphatic carbocycles. The van der Waals surface area contributed by atoms with E-state index in [1.54, 1.807) is 55.5 Å². The Bertz CT molecular complexity index is 1490. The molecule has 0 saturated heterocycles. The number of benzene rings is 3. The van der Waals surface area contributed by atoms with Gasteiger partial charge in [-0.15, -0.1) is 0 Å². The quantitative estimate of drug-likeness (QED) is 0.490. The third-order valence-electron chi connectivity index (χ3n) is 4.91. The van der Waals surface area contributed by atoms with Crippen LogP contribution in [0.25, 0.3) is 11.0 Å². The smallest absolute Gasteiger partial charge is 0.269 e. The van der Waals surface area contributed by atoms with E-state index in [1.165, 1.54) is 18.2 Å². The van der Waals surface area contributed by atoms with Gasteiger partial charge in [-0.1, -0.05) is 35.4 Å². The van der Waals surface area contributed by atoms with E-state index < -0.39 is 20.0 Å². The van der Waals surface area contributed by atoms with Gasteiger partial charge in [0.2, 0.25) is 0 Å². The molecule has 0 amide bonds. The largest absolute Gasteiger partial charge is 0.280 e. The van der Waals surface area contributed by atoms with Gasteiger partial charge in [-0.05, 0) is 63.2 Å². The molecule has 0 fully saturated rings. The van der Waals surface area contributed by atoms with Gasteiger partial charge in [-0.2, -0.15) is 0 Å². The van der Waals surface area contributed by atoms with Crippen LogP contribution in [0.5, 0.6) is 0 Å². The molecule has 0 spiro atoms. The molecular formula is C22H21N3O4S2.